The Labute approximate surface area is 267 Å². The third-order valence-electron chi connectivity index (χ3n) is 7.74. The van der Waals surface area contributed by atoms with Crippen molar-refractivity contribution >= 4 is 23.6 Å². The van der Waals surface area contributed by atoms with E-state index in [0.717, 1.165) is 44.3 Å². The number of nitrogens with zero attached hydrogens (tertiary/aromatic N) is 2. The molecule has 236 valence electrons. The van der Waals surface area contributed by atoms with E-state index in [1.165, 1.54) is 0 Å². The minimum absolute atomic E-state index is 0.00453. The Morgan fingerprint density at radius 3 is 2.44 bits per heavy atom. The van der Waals surface area contributed by atoms with Crippen molar-refractivity contribution in [2.75, 3.05) is 5.75 Å². The Morgan fingerprint density at radius 2 is 1.71 bits per heavy atom. The zero-order valence-corrected chi connectivity index (χ0v) is 26.1. The molecule has 1 aromatic heterocycles. The first-order chi connectivity index (χ1) is 21.9. The number of amides is 1. The number of nitrogens with one attached hydrogen (secondary N) is 1. The summed E-state index contributed by atoms with van der Waals surface area (Å²) in [5, 5.41) is 22.1. The lowest BCUT2D eigenvalue weighted by Gasteiger charge is -2.36. The molecular weight excluding hydrogens is 590 g/mol. The number of imidazole rings is 1. The molecular formula is C35H39N3O6S. The molecule has 3 atom stereocenters. The summed E-state index contributed by atoms with van der Waals surface area (Å²) in [5.74, 6) is -0.204. The molecule has 1 amide bonds. The van der Waals surface area contributed by atoms with E-state index in [1.54, 1.807) is 18.0 Å². The summed E-state index contributed by atoms with van der Waals surface area (Å²) < 4.78 is 15.1. The summed E-state index contributed by atoms with van der Waals surface area (Å²) in [7, 11) is 1.98. The van der Waals surface area contributed by atoms with Crippen molar-refractivity contribution in [2.24, 2.45) is 7.05 Å². The van der Waals surface area contributed by atoms with Crippen LogP contribution < -0.4 is 5.32 Å². The normalized spacial score (nSPS) is 18.0. The molecule has 0 aliphatic carbocycles. The number of ether oxygens (including phenoxy) is 2. The smallest absolute Gasteiger partial charge is 0.303 e. The fourth-order valence-electron chi connectivity index (χ4n) is 5.26. The molecule has 0 radical (unpaired) electrons. The van der Waals surface area contributed by atoms with Gasteiger partial charge in [-0.15, -0.1) is 0 Å². The number of rotatable bonds is 14. The Bertz CT molecular complexity index is 1570. The van der Waals surface area contributed by atoms with Gasteiger partial charge in [-0.2, -0.15) is 0 Å². The number of carboxylic acid groups (broad SMARTS) is 1. The Morgan fingerprint density at radius 1 is 0.956 bits per heavy atom. The summed E-state index contributed by atoms with van der Waals surface area (Å²) in [6.07, 6.45) is 5.02. The standard InChI is InChI=1S/C35H39N3O6S/c1-38-17-16-36-35(38)45-23-30-20-31(26-14-12-24(22-39)13-15-26)44-34(43-30)29-9-5-8-28(19-29)27-7-4-6-25(18-27)21-37-32(40)10-2-3-11-33(41)42/h4-9,12-19,30-31,34,39H,2-3,10-11,20-23H2,1H3,(H,37,40)(H,41,42). The number of aryl methyl sites for hydroxylation is 1. The number of carbonyl (C=O) groups excluding carboxylic acids is 1. The van der Waals surface area contributed by atoms with Crippen LogP contribution in [0.2, 0.25) is 0 Å². The van der Waals surface area contributed by atoms with Gasteiger partial charge in [-0.3, -0.25) is 9.59 Å². The fourth-order valence-corrected chi connectivity index (χ4v) is 6.21. The summed E-state index contributed by atoms with van der Waals surface area (Å²) in [4.78, 5) is 27.4. The Kier molecular flexibility index (Phi) is 11.4. The zero-order valence-electron chi connectivity index (χ0n) is 25.3. The minimum Gasteiger partial charge on any atom is -0.481 e. The fraction of sp³-hybridized carbons (Fsp3) is 0.343. The molecule has 5 rings (SSSR count). The molecule has 1 saturated heterocycles. The molecule has 2 heterocycles. The van der Waals surface area contributed by atoms with Crippen molar-refractivity contribution in [3.8, 4) is 11.1 Å². The first-order valence-electron chi connectivity index (χ1n) is 15.2. The van der Waals surface area contributed by atoms with Crippen LogP contribution in [-0.4, -0.2) is 43.5 Å². The number of aromatic nitrogens is 2. The van der Waals surface area contributed by atoms with Gasteiger partial charge in [-0.1, -0.05) is 72.4 Å². The SMILES string of the molecule is Cn1ccnc1SCC1CC(c2ccc(CO)cc2)OC(c2cccc(-c3cccc(CNC(=O)CCCCC(=O)O)c3)c2)O1. The lowest BCUT2D eigenvalue weighted by molar-refractivity contribution is -0.245. The quantitative estimate of drug-likeness (QED) is 0.112. The largest absolute Gasteiger partial charge is 0.481 e. The molecule has 10 heteroatoms. The van der Waals surface area contributed by atoms with Crippen molar-refractivity contribution in [2.45, 2.75) is 68.9 Å². The van der Waals surface area contributed by atoms with E-state index < -0.39 is 12.3 Å². The van der Waals surface area contributed by atoms with Crippen LogP contribution in [0.15, 0.2) is 90.3 Å². The number of hydrogen-bond acceptors (Lipinski definition) is 7. The van der Waals surface area contributed by atoms with E-state index in [4.69, 9.17) is 14.6 Å². The second-order valence-corrected chi connectivity index (χ2v) is 12.2. The second-order valence-electron chi connectivity index (χ2n) is 11.2. The third-order valence-corrected chi connectivity index (χ3v) is 8.93. The molecule has 1 aliphatic heterocycles. The van der Waals surface area contributed by atoms with Crippen molar-refractivity contribution in [1.29, 1.82) is 0 Å². The molecule has 9 nitrogen and oxygen atoms in total. The van der Waals surface area contributed by atoms with E-state index >= 15 is 0 Å². The molecule has 0 spiro atoms. The van der Waals surface area contributed by atoms with Gasteiger partial charge in [-0.05, 0) is 52.8 Å². The summed E-state index contributed by atoms with van der Waals surface area (Å²) >= 11 is 1.66. The van der Waals surface area contributed by atoms with Crippen molar-refractivity contribution in [1.82, 2.24) is 14.9 Å². The molecule has 3 unspecified atom stereocenters. The molecule has 45 heavy (non-hydrogen) atoms. The number of benzene rings is 3. The average Bonchev–Trinajstić information content (AvgIpc) is 3.49. The number of aliphatic hydroxyl groups is 1. The van der Waals surface area contributed by atoms with Gasteiger partial charge in [0.1, 0.15) is 0 Å². The lowest BCUT2D eigenvalue weighted by atomic mass is 9.99. The maximum absolute atomic E-state index is 12.2. The maximum Gasteiger partial charge on any atom is 0.303 e. The van der Waals surface area contributed by atoms with E-state index in [1.807, 2.05) is 78.5 Å². The van der Waals surface area contributed by atoms with Crippen LogP contribution >= 0.6 is 11.8 Å². The van der Waals surface area contributed by atoms with Crippen molar-refractivity contribution in [3.05, 3.63) is 107 Å². The van der Waals surface area contributed by atoms with Crippen LogP contribution in [0.25, 0.3) is 11.1 Å². The van der Waals surface area contributed by atoms with Crippen molar-refractivity contribution < 1.29 is 29.3 Å². The van der Waals surface area contributed by atoms with Gasteiger partial charge >= 0.3 is 5.97 Å². The van der Waals surface area contributed by atoms with Gasteiger partial charge in [0.15, 0.2) is 11.4 Å². The molecule has 0 bridgehead atoms. The highest BCUT2D eigenvalue weighted by Gasteiger charge is 2.32. The number of carbonyl (C=O) groups is 2. The number of unbranched alkanes of at least 4 members (excludes halogenated alkanes) is 1. The summed E-state index contributed by atoms with van der Waals surface area (Å²) in [6, 6.07) is 24.1. The number of thioether (sulfide) groups is 1. The second kappa shape index (κ2) is 15.9. The first kappa shape index (κ1) is 32.4. The van der Waals surface area contributed by atoms with Gasteiger partial charge < -0.3 is 29.6 Å². The monoisotopic (exact) mass is 629 g/mol. The number of aliphatic carboxylic acids is 1. The molecule has 3 aromatic carbocycles. The van der Waals surface area contributed by atoms with Crippen LogP contribution in [0, 0.1) is 0 Å². The van der Waals surface area contributed by atoms with E-state index in [-0.39, 0.29) is 31.1 Å². The highest BCUT2D eigenvalue weighted by atomic mass is 32.2. The molecule has 3 N–H and O–H groups in total. The predicted octanol–water partition coefficient (Wildman–Crippen LogP) is 6.18. The first-order valence-corrected chi connectivity index (χ1v) is 16.1. The van der Waals surface area contributed by atoms with Crippen LogP contribution in [0.4, 0.5) is 0 Å². The molecule has 1 aliphatic rings. The molecule has 1 fully saturated rings. The number of carboxylic acids is 1. The number of aliphatic hydroxyl groups excluding tert-OH is 1. The van der Waals surface area contributed by atoms with Gasteiger partial charge in [0, 0.05) is 56.6 Å². The van der Waals surface area contributed by atoms with E-state index in [9.17, 15) is 14.7 Å². The molecule has 4 aromatic rings. The van der Waals surface area contributed by atoms with Gasteiger partial charge in [0.05, 0.1) is 18.8 Å². The van der Waals surface area contributed by atoms with Gasteiger partial charge in [0.2, 0.25) is 5.91 Å². The topological polar surface area (TPSA) is 123 Å². The van der Waals surface area contributed by atoms with Crippen molar-refractivity contribution in [3.63, 3.8) is 0 Å². The number of hydrogen-bond donors (Lipinski definition) is 3. The molecule has 0 saturated carbocycles. The van der Waals surface area contributed by atoms with Crippen LogP contribution in [0.3, 0.4) is 0 Å². The van der Waals surface area contributed by atoms with Gasteiger partial charge in [-0.25, -0.2) is 4.98 Å². The predicted molar refractivity (Wildman–Crippen MR) is 172 cm³/mol. The Balaban J connectivity index is 1.28. The third kappa shape index (κ3) is 9.27. The highest BCUT2D eigenvalue weighted by Crippen LogP contribution is 2.40. The summed E-state index contributed by atoms with van der Waals surface area (Å²) in [5.41, 5.74) is 5.81. The lowest BCUT2D eigenvalue weighted by Crippen LogP contribution is -2.31. The maximum atomic E-state index is 12.2. The van der Waals surface area contributed by atoms with E-state index in [2.05, 4.69) is 22.4 Å². The average molecular weight is 630 g/mol. The summed E-state index contributed by atoms with van der Waals surface area (Å²) in [6.45, 7) is 0.391. The van der Waals surface area contributed by atoms with Gasteiger partial charge in [0.25, 0.3) is 0 Å². The highest BCUT2D eigenvalue weighted by molar-refractivity contribution is 7.99. The zero-order chi connectivity index (χ0) is 31.6. The van der Waals surface area contributed by atoms with E-state index in [0.29, 0.717) is 32.2 Å². The Hall–Kier alpha value is -3.96. The van der Waals surface area contributed by atoms with Crippen LogP contribution in [0.5, 0.6) is 0 Å². The van der Waals surface area contributed by atoms with Crippen LogP contribution in [-0.2, 0) is 39.3 Å². The minimum atomic E-state index is -0.842. The van der Waals surface area contributed by atoms with Crippen LogP contribution in [0.1, 0.15) is 66.8 Å².